The highest BCUT2D eigenvalue weighted by atomic mass is 16.6. The summed E-state index contributed by atoms with van der Waals surface area (Å²) in [6.07, 6.45) is 0. The zero-order valence-electron chi connectivity index (χ0n) is 18.4. The van der Waals surface area contributed by atoms with Crippen molar-refractivity contribution in [3.05, 3.63) is 128 Å². The maximum absolute atomic E-state index is 13.5. The quantitative estimate of drug-likeness (QED) is 0.440. The highest BCUT2D eigenvalue weighted by Crippen LogP contribution is 2.46. The second-order valence-corrected chi connectivity index (χ2v) is 8.28. The Bertz CT molecular complexity index is 1390. The molecule has 2 N–H and O–H groups in total. The fourth-order valence-corrected chi connectivity index (χ4v) is 4.63. The van der Waals surface area contributed by atoms with Crippen LogP contribution in [0.25, 0.3) is 5.70 Å². The van der Waals surface area contributed by atoms with Crippen LogP contribution in [-0.4, -0.2) is 16.6 Å². The van der Waals surface area contributed by atoms with Crippen LogP contribution < -0.4 is 10.6 Å². The Morgan fingerprint density at radius 1 is 0.971 bits per heavy atom. The van der Waals surface area contributed by atoms with Gasteiger partial charge in [0.1, 0.15) is 0 Å². The molecule has 1 aliphatic heterocycles. The molecule has 0 spiro atoms. The molecule has 0 fully saturated rings. The summed E-state index contributed by atoms with van der Waals surface area (Å²) in [6, 6.07) is 22.9. The molecule has 0 unspecified atom stereocenters. The van der Waals surface area contributed by atoms with Gasteiger partial charge in [-0.25, -0.2) is 0 Å². The topological polar surface area (TPSA) is 101 Å². The van der Waals surface area contributed by atoms with E-state index in [4.69, 9.17) is 0 Å². The fraction of sp³-hybridized carbons (Fsp3) is 0.111. The molecular weight excluding hydrogens is 430 g/mol. The van der Waals surface area contributed by atoms with Crippen molar-refractivity contribution in [2.24, 2.45) is 0 Å². The van der Waals surface area contributed by atoms with E-state index in [0.717, 1.165) is 11.1 Å². The molecule has 0 bridgehead atoms. The number of rotatable bonds is 5. The smallest absolute Gasteiger partial charge is 0.269 e. The number of nitro groups is 1. The van der Waals surface area contributed by atoms with Gasteiger partial charge in [0.15, 0.2) is 5.78 Å². The first-order valence-electron chi connectivity index (χ1n) is 10.9. The predicted octanol–water partition coefficient (Wildman–Crippen LogP) is 4.48. The Balaban J connectivity index is 1.58. The summed E-state index contributed by atoms with van der Waals surface area (Å²) in [5.41, 5.74) is 5.12. The summed E-state index contributed by atoms with van der Waals surface area (Å²) in [7, 11) is 0. The van der Waals surface area contributed by atoms with Gasteiger partial charge in [0, 0.05) is 52.6 Å². The molecule has 0 radical (unpaired) electrons. The molecule has 3 aromatic rings. The summed E-state index contributed by atoms with van der Waals surface area (Å²) in [5, 5.41) is 17.4. The number of carbonyl (C=O) groups excluding carboxylic acids is 2. The zero-order chi connectivity index (χ0) is 23.8. The number of nitrogens with zero attached hydrogens (tertiary/aromatic N) is 1. The van der Waals surface area contributed by atoms with E-state index in [1.54, 1.807) is 18.2 Å². The number of fused-ring (bicyclic) bond motifs is 2. The van der Waals surface area contributed by atoms with Crippen molar-refractivity contribution < 1.29 is 14.5 Å². The number of carbonyl (C=O) groups is 2. The van der Waals surface area contributed by atoms with Gasteiger partial charge in [0.2, 0.25) is 5.91 Å². The molecule has 0 saturated carbocycles. The van der Waals surface area contributed by atoms with E-state index >= 15 is 0 Å². The Hall–Kier alpha value is -4.52. The van der Waals surface area contributed by atoms with Crippen LogP contribution >= 0.6 is 0 Å². The fourth-order valence-electron chi connectivity index (χ4n) is 4.63. The van der Waals surface area contributed by atoms with E-state index in [2.05, 4.69) is 10.6 Å². The van der Waals surface area contributed by atoms with Crippen molar-refractivity contribution in [3.8, 4) is 0 Å². The number of benzene rings is 3. The lowest BCUT2D eigenvalue weighted by molar-refractivity contribution is -0.384. The molecule has 0 aromatic heterocycles. The lowest BCUT2D eigenvalue weighted by Crippen LogP contribution is -2.34. The van der Waals surface area contributed by atoms with Crippen LogP contribution in [0.1, 0.15) is 39.9 Å². The van der Waals surface area contributed by atoms with Crippen molar-refractivity contribution in [2.45, 2.75) is 19.4 Å². The van der Waals surface area contributed by atoms with Crippen molar-refractivity contribution in [2.75, 3.05) is 0 Å². The molecule has 5 rings (SSSR count). The van der Waals surface area contributed by atoms with Crippen LogP contribution in [-0.2, 0) is 11.3 Å². The summed E-state index contributed by atoms with van der Waals surface area (Å²) in [5.74, 6) is -1.11. The number of non-ortho nitro benzene ring substituents is 1. The van der Waals surface area contributed by atoms with Gasteiger partial charge in [-0.15, -0.1) is 0 Å². The van der Waals surface area contributed by atoms with Gasteiger partial charge in [-0.3, -0.25) is 19.7 Å². The molecule has 7 heteroatoms. The van der Waals surface area contributed by atoms with E-state index in [9.17, 15) is 19.7 Å². The molecule has 1 heterocycles. The highest BCUT2D eigenvalue weighted by molar-refractivity contribution is 6.23. The maximum Gasteiger partial charge on any atom is 0.269 e. The SMILES string of the molecule is CC1=C(C(=O)NCc2ccccc2)[C@H](c2ccc([N+](=O)[O-])cc2)C2=C(N1)c1ccccc1C2=O. The second-order valence-electron chi connectivity index (χ2n) is 8.28. The number of allylic oxidation sites excluding steroid dienone is 2. The molecule has 1 amide bonds. The highest BCUT2D eigenvalue weighted by Gasteiger charge is 2.42. The van der Waals surface area contributed by atoms with Crippen molar-refractivity contribution in [3.63, 3.8) is 0 Å². The Morgan fingerprint density at radius 2 is 1.62 bits per heavy atom. The lowest BCUT2D eigenvalue weighted by atomic mass is 9.79. The van der Waals surface area contributed by atoms with Gasteiger partial charge in [-0.1, -0.05) is 66.7 Å². The number of Topliss-reactive ketones (excluding diaryl/α,β-unsaturated/α-hetero) is 1. The standard InChI is InChI=1S/C27H21N3O4/c1-16-22(27(32)28-15-17-7-3-2-4-8-17)23(18-11-13-19(14-12-18)30(33)34)24-25(29-16)20-9-5-6-10-21(20)26(24)31/h2-14,23,29H,15H2,1H3,(H,28,32)/t23-/m0/s1. The number of nitro benzene ring substituents is 1. The molecule has 2 aliphatic rings. The minimum absolute atomic E-state index is 0.0521. The number of nitrogens with one attached hydrogen (secondary N) is 2. The van der Waals surface area contributed by atoms with Crippen molar-refractivity contribution >= 4 is 23.1 Å². The third-order valence-electron chi connectivity index (χ3n) is 6.23. The number of dihydropyridines is 1. The molecule has 0 saturated heterocycles. The number of hydrogen-bond acceptors (Lipinski definition) is 5. The first-order valence-corrected chi connectivity index (χ1v) is 10.9. The zero-order valence-corrected chi connectivity index (χ0v) is 18.4. The number of ketones is 1. The molecular formula is C27H21N3O4. The van der Waals surface area contributed by atoms with E-state index in [1.807, 2.05) is 55.5 Å². The van der Waals surface area contributed by atoms with Crippen LogP contribution in [0.15, 0.2) is 95.7 Å². The minimum Gasteiger partial charge on any atom is -0.358 e. The van der Waals surface area contributed by atoms with Crippen molar-refractivity contribution in [1.29, 1.82) is 0 Å². The Kier molecular flexibility index (Phi) is 5.30. The van der Waals surface area contributed by atoms with Crippen LogP contribution in [0.4, 0.5) is 5.69 Å². The molecule has 1 atom stereocenters. The average Bonchev–Trinajstić information content (AvgIpc) is 3.14. The van der Waals surface area contributed by atoms with Gasteiger partial charge in [-0.2, -0.15) is 0 Å². The van der Waals surface area contributed by atoms with E-state index in [0.29, 0.717) is 40.2 Å². The van der Waals surface area contributed by atoms with Gasteiger partial charge < -0.3 is 10.6 Å². The molecule has 168 valence electrons. The Labute approximate surface area is 196 Å². The third-order valence-corrected chi connectivity index (χ3v) is 6.23. The minimum atomic E-state index is -0.660. The molecule has 1 aliphatic carbocycles. The first-order chi connectivity index (χ1) is 16.5. The number of amides is 1. The van der Waals surface area contributed by atoms with E-state index in [1.165, 1.54) is 12.1 Å². The summed E-state index contributed by atoms with van der Waals surface area (Å²) in [6.45, 7) is 2.15. The van der Waals surface area contributed by atoms with Crippen LogP contribution in [0, 0.1) is 10.1 Å². The van der Waals surface area contributed by atoms with Crippen LogP contribution in [0.5, 0.6) is 0 Å². The van der Waals surface area contributed by atoms with Crippen LogP contribution in [0.3, 0.4) is 0 Å². The third kappa shape index (κ3) is 3.57. The number of hydrogen-bond donors (Lipinski definition) is 2. The van der Waals surface area contributed by atoms with E-state index in [-0.39, 0.29) is 17.4 Å². The average molecular weight is 451 g/mol. The Morgan fingerprint density at radius 3 is 2.29 bits per heavy atom. The van der Waals surface area contributed by atoms with Crippen molar-refractivity contribution in [1.82, 2.24) is 10.6 Å². The monoisotopic (exact) mass is 451 g/mol. The predicted molar refractivity (Wildman–Crippen MR) is 128 cm³/mol. The second kappa shape index (κ2) is 8.44. The van der Waals surface area contributed by atoms with Crippen LogP contribution in [0.2, 0.25) is 0 Å². The van der Waals surface area contributed by atoms with Gasteiger partial charge in [0.05, 0.1) is 10.6 Å². The van der Waals surface area contributed by atoms with Gasteiger partial charge in [0.25, 0.3) is 5.69 Å². The largest absolute Gasteiger partial charge is 0.358 e. The molecule has 7 nitrogen and oxygen atoms in total. The summed E-state index contributed by atoms with van der Waals surface area (Å²) < 4.78 is 0. The maximum atomic E-state index is 13.5. The summed E-state index contributed by atoms with van der Waals surface area (Å²) in [4.78, 5) is 37.6. The molecule has 34 heavy (non-hydrogen) atoms. The lowest BCUT2D eigenvalue weighted by Gasteiger charge is -2.29. The van der Waals surface area contributed by atoms with Gasteiger partial charge >= 0.3 is 0 Å². The first kappa shape index (κ1) is 21.3. The summed E-state index contributed by atoms with van der Waals surface area (Å²) >= 11 is 0. The van der Waals surface area contributed by atoms with E-state index < -0.39 is 10.8 Å². The normalized spacial score (nSPS) is 16.6. The van der Waals surface area contributed by atoms with Gasteiger partial charge in [-0.05, 0) is 18.1 Å². The molecule has 3 aromatic carbocycles.